The first-order valence-corrected chi connectivity index (χ1v) is 10.8. The maximum Gasteiger partial charge on any atom is 0.410 e. The fourth-order valence-corrected chi connectivity index (χ4v) is 3.58. The third-order valence-electron chi connectivity index (χ3n) is 4.57. The van der Waals surface area contributed by atoms with Gasteiger partial charge in [-0.25, -0.2) is 4.79 Å². The van der Waals surface area contributed by atoms with Crippen LogP contribution in [0, 0.1) is 0 Å². The molecule has 1 amide bonds. The fraction of sp³-hybridized carbons (Fsp3) is 0.391. The summed E-state index contributed by atoms with van der Waals surface area (Å²) in [6.45, 7) is 6.88. The van der Waals surface area contributed by atoms with Crippen molar-refractivity contribution in [1.82, 2.24) is 4.90 Å². The van der Waals surface area contributed by atoms with Crippen LogP contribution in [0.2, 0.25) is 0 Å². The molecule has 2 aromatic rings. The van der Waals surface area contributed by atoms with Gasteiger partial charge in [0.1, 0.15) is 17.5 Å². The van der Waals surface area contributed by atoms with Gasteiger partial charge in [0.2, 0.25) is 0 Å². The molecule has 1 aliphatic rings. The van der Waals surface area contributed by atoms with Crippen molar-refractivity contribution in [3.63, 3.8) is 0 Å². The summed E-state index contributed by atoms with van der Waals surface area (Å²) < 4.78 is 12.3. The van der Waals surface area contributed by atoms with Crippen molar-refractivity contribution in [1.29, 1.82) is 0 Å². The second-order valence-corrected chi connectivity index (χ2v) is 9.10. The number of amides is 1. The molecule has 1 aliphatic heterocycles. The molecular formula is C23H27BrN2O4. The zero-order chi connectivity index (χ0) is 21.7. The molecule has 3 rings (SSSR count). The number of hydrogen-bond acceptors (Lipinski definition) is 5. The Labute approximate surface area is 185 Å². The lowest BCUT2D eigenvalue weighted by Gasteiger charge is -2.24. The third-order valence-corrected chi connectivity index (χ3v) is 5.19. The molecule has 0 saturated carbocycles. The van der Waals surface area contributed by atoms with E-state index in [9.17, 15) is 9.59 Å². The van der Waals surface area contributed by atoms with Crippen LogP contribution in [-0.2, 0) is 4.74 Å². The highest BCUT2D eigenvalue weighted by atomic mass is 79.9. The largest absolute Gasteiger partial charge is 0.487 e. The van der Waals surface area contributed by atoms with Crippen molar-refractivity contribution in [2.75, 3.05) is 25.0 Å². The van der Waals surface area contributed by atoms with E-state index in [1.807, 2.05) is 57.2 Å². The van der Waals surface area contributed by atoms with Crippen LogP contribution >= 0.6 is 15.9 Å². The van der Waals surface area contributed by atoms with E-state index in [4.69, 9.17) is 9.47 Å². The van der Waals surface area contributed by atoms with E-state index >= 15 is 0 Å². The number of benzene rings is 2. The Morgan fingerprint density at radius 2 is 1.90 bits per heavy atom. The first-order chi connectivity index (χ1) is 14.2. The molecule has 1 N–H and O–H groups in total. The summed E-state index contributed by atoms with van der Waals surface area (Å²) in [4.78, 5) is 26.1. The van der Waals surface area contributed by atoms with Gasteiger partial charge in [-0.15, -0.1) is 0 Å². The molecule has 0 radical (unpaired) electrons. The van der Waals surface area contributed by atoms with Crippen LogP contribution in [0.5, 0.6) is 5.75 Å². The van der Waals surface area contributed by atoms with Crippen molar-refractivity contribution in [3.8, 4) is 5.75 Å². The Kier molecular flexibility index (Phi) is 7.02. The van der Waals surface area contributed by atoms with Crippen LogP contribution in [0.15, 0.2) is 53.0 Å². The van der Waals surface area contributed by atoms with E-state index in [1.54, 1.807) is 17.0 Å². The molecule has 1 unspecified atom stereocenters. The standard InChI is InChI=1S/C23H27BrN2O4/c1-23(2,3)30-22(28)26-12-11-18(15-26)29-21-10-9-17(13-19(21)24)25-14-20(27)16-7-5-4-6-8-16/h4-10,13,18,25H,11-12,14-15H2,1-3H3. The van der Waals surface area contributed by atoms with Gasteiger partial charge in [-0.05, 0) is 54.9 Å². The summed E-state index contributed by atoms with van der Waals surface area (Å²) in [5.74, 6) is 0.728. The van der Waals surface area contributed by atoms with Crippen LogP contribution in [-0.4, -0.2) is 48.1 Å². The molecule has 1 fully saturated rings. The third kappa shape index (κ3) is 6.23. The second kappa shape index (κ2) is 9.51. The molecule has 1 saturated heterocycles. The van der Waals surface area contributed by atoms with E-state index in [1.165, 1.54) is 0 Å². The molecule has 30 heavy (non-hydrogen) atoms. The Bertz CT molecular complexity index is 896. The summed E-state index contributed by atoms with van der Waals surface area (Å²) in [6.07, 6.45) is 0.347. The molecule has 0 aliphatic carbocycles. The number of anilines is 1. The number of nitrogens with one attached hydrogen (secondary N) is 1. The van der Waals surface area contributed by atoms with E-state index in [0.29, 0.717) is 24.4 Å². The topological polar surface area (TPSA) is 67.9 Å². The first kappa shape index (κ1) is 22.2. The summed E-state index contributed by atoms with van der Waals surface area (Å²) in [6, 6.07) is 14.8. The van der Waals surface area contributed by atoms with Crippen LogP contribution in [0.25, 0.3) is 0 Å². The summed E-state index contributed by atoms with van der Waals surface area (Å²) in [7, 11) is 0. The highest BCUT2D eigenvalue weighted by Gasteiger charge is 2.31. The zero-order valence-electron chi connectivity index (χ0n) is 17.5. The summed E-state index contributed by atoms with van der Waals surface area (Å²) in [5, 5.41) is 3.14. The predicted molar refractivity (Wildman–Crippen MR) is 120 cm³/mol. The number of likely N-dealkylation sites (tertiary alicyclic amines) is 1. The van der Waals surface area contributed by atoms with Gasteiger partial charge < -0.3 is 19.7 Å². The van der Waals surface area contributed by atoms with E-state index in [2.05, 4.69) is 21.2 Å². The number of Topliss-reactive ketones (excluding diaryl/α,β-unsaturated/α-hetero) is 1. The zero-order valence-corrected chi connectivity index (χ0v) is 19.1. The maximum absolute atomic E-state index is 12.2. The fourth-order valence-electron chi connectivity index (χ4n) is 3.11. The number of carbonyl (C=O) groups is 2. The number of halogens is 1. The number of hydrogen-bond donors (Lipinski definition) is 1. The van der Waals surface area contributed by atoms with Crippen molar-refractivity contribution in [2.45, 2.75) is 38.9 Å². The van der Waals surface area contributed by atoms with Crippen LogP contribution < -0.4 is 10.1 Å². The van der Waals surface area contributed by atoms with E-state index < -0.39 is 5.60 Å². The Balaban J connectivity index is 1.52. The SMILES string of the molecule is CC(C)(C)OC(=O)N1CCC(Oc2ccc(NCC(=O)c3ccccc3)cc2Br)C1. The molecule has 0 aromatic heterocycles. The Morgan fingerprint density at radius 3 is 2.57 bits per heavy atom. The number of nitrogens with zero attached hydrogens (tertiary/aromatic N) is 1. The summed E-state index contributed by atoms with van der Waals surface area (Å²) in [5.41, 5.74) is 0.990. The van der Waals surface area contributed by atoms with Crippen molar-refractivity contribution < 1.29 is 19.1 Å². The molecule has 6 nitrogen and oxygen atoms in total. The van der Waals surface area contributed by atoms with Crippen molar-refractivity contribution in [3.05, 3.63) is 58.6 Å². The lowest BCUT2D eigenvalue weighted by Crippen LogP contribution is -2.36. The normalized spacial score (nSPS) is 16.3. The summed E-state index contributed by atoms with van der Waals surface area (Å²) >= 11 is 3.54. The van der Waals surface area contributed by atoms with Gasteiger partial charge in [0.05, 0.1) is 17.6 Å². The van der Waals surface area contributed by atoms with Gasteiger partial charge in [-0.3, -0.25) is 4.79 Å². The average Bonchev–Trinajstić information content (AvgIpc) is 3.16. The van der Waals surface area contributed by atoms with E-state index in [-0.39, 0.29) is 24.5 Å². The molecular weight excluding hydrogens is 448 g/mol. The van der Waals surface area contributed by atoms with Gasteiger partial charge in [0, 0.05) is 24.2 Å². The predicted octanol–water partition coefficient (Wildman–Crippen LogP) is 5.13. The number of rotatable bonds is 6. The molecule has 2 aromatic carbocycles. The molecule has 0 spiro atoms. The average molecular weight is 475 g/mol. The van der Waals surface area contributed by atoms with Crippen molar-refractivity contribution >= 4 is 33.5 Å². The molecule has 7 heteroatoms. The van der Waals surface area contributed by atoms with Gasteiger partial charge in [0.25, 0.3) is 0 Å². The maximum atomic E-state index is 12.2. The first-order valence-electron chi connectivity index (χ1n) is 9.97. The van der Waals surface area contributed by atoms with Crippen LogP contribution in [0.4, 0.5) is 10.5 Å². The van der Waals surface area contributed by atoms with Gasteiger partial charge in [-0.1, -0.05) is 30.3 Å². The number of carbonyl (C=O) groups excluding carboxylic acids is 2. The monoisotopic (exact) mass is 474 g/mol. The Hall–Kier alpha value is -2.54. The molecule has 0 bridgehead atoms. The minimum absolute atomic E-state index is 0.0280. The highest BCUT2D eigenvalue weighted by Crippen LogP contribution is 2.30. The smallest absolute Gasteiger partial charge is 0.410 e. The van der Waals surface area contributed by atoms with Gasteiger partial charge >= 0.3 is 6.09 Å². The molecule has 160 valence electrons. The minimum atomic E-state index is -0.510. The minimum Gasteiger partial charge on any atom is -0.487 e. The van der Waals surface area contributed by atoms with Crippen molar-refractivity contribution in [2.24, 2.45) is 0 Å². The van der Waals surface area contributed by atoms with E-state index in [0.717, 1.165) is 16.6 Å². The second-order valence-electron chi connectivity index (χ2n) is 8.24. The molecule has 1 heterocycles. The van der Waals surface area contributed by atoms with Gasteiger partial charge in [0.15, 0.2) is 5.78 Å². The quantitative estimate of drug-likeness (QED) is 0.587. The highest BCUT2D eigenvalue weighted by molar-refractivity contribution is 9.10. The molecule has 1 atom stereocenters. The number of ether oxygens (including phenoxy) is 2. The number of ketones is 1. The van der Waals surface area contributed by atoms with Crippen LogP contribution in [0.3, 0.4) is 0 Å². The van der Waals surface area contributed by atoms with Gasteiger partial charge in [-0.2, -0.15) is 0 Å². The lowest BCUT2D eigenvalue weighted by molar-refractivity contribution is 0.0275. The lowest BCUT2D eigenvalue weighted by atomic mass is 10.1. The Morgan fingerprint density at radius 1 is 1.17 bits per heavy atom. The van der Waals surface area contributed by atoms with Crippen LogP contribution in [0.1, 0.15) is 37.6 Å².